The number of hydrogen-bond donors (Lipinski definition) is 6. The van der Waals surface area contributed by atoms with Crippen LogP contribution in [-0.2, 0) is 9.53 Å². The van der Waals surface area contributed by atoms with Crippen LogP contribution in [0.25, 0.3) is 33.4 Å². The van der Waals surface area contributed by atoms with E-state index in [4.69, 9.17) is 14.0 Å². The Bertz CT molecular complexity index is 2730. The van der Waals surface area contributed by atoms with Crippen LogP contribution in [0.4, 0.5) is 5.69 Å². The van der Waals surface area contributed by atoms with E-state index in [0.29, 0.717) is 62.9 Å². The van der Waals surface area contributed by atoms with Crippen LogP contribution in [-0.4, -0.2) is 114 Å². The van der Waals surface area contributed by atoms with Crippen LogP contribution in [0.15, 0.2) is 74.8 Å². The van der Waals surface area contributed by atoms with Gasteiger partial charge in [0.05, 0.1) is 30.4 Å². The third kappa shape index (κ3) is 12.2. The third-order valence-corrected chi connectivity index (χ3v) is 17.4. The van der Waals surface area contributed by atoms with Crippen molar-refractivity contribution in [3.8, 4) is 34.3 Å². The fraction of sp³-hybridized carbons (Fsp3) is 0.333. The molecule has 0 radical (unpaired) electrons. The van der Waals surface area contributed by atoms with Crippen LogP contribution >= 0.6 is 46.3 Å². The van der Waals surface area contributed by atoms with Gasteiger partial charge in [-0.25, -0.2) is 14.2 Å². The molecule has 0 spiro atoms. The van der Waals surface area contributed by atoms with Crippen LogP contribution in [0, 0.1) is 11.8 Å². The number of anilines is 1. The number of benzene rings is 3. The van der Waals surface area contributed by atoms with Crippen molar-refractivity contribution < 1.29 is 38.6 Å². The van der Waals surface area contributed by atoms with Gasteiger partial charge in [-0.1, -0.05) is 47.8 Å². The van der Waals surface area contributed by atoms with Gasteiger partial charge in [0.1, 0.15) is 37.2 Å². The number of aromatic nitrogens is 2. The average Bonchev–Trinajstić information content (AvgIpc) is 3.62. The highest BCUT2D eigenvalue weighted by molar-refractivity contribution is 8.76. The molecule has 0 bridgehead atoms. The lowest BCUT2D eigenvalue weighted by Gasteiger charge is -2.19. The Balaban J connectivity index is 0.987. The van der Waals surface area contributed by atoms with E-state index in [-0.39, 0.29) is 50.5 Å². The number of fused-ring (bicyclic) bond motifs is 2. The van der Waals surface area contributed by atoms with Crippen LogP contribution in [0.2, 0.25) is 0 Å². The van der Waals surface area contributed by atoms with Crippen molar-refractivity contribution in [1.82, 2.24) is 24.8 Å². The lowest BCUT2D eigenvalue weighted by Crippen LogP contribution is -2.33. The zero-order valence-electron chi connectivity index (χ0n) is 34.8. The first-order chi connectivity index (χ1) is 30.2. The number of nitrogens with zero attached hydrogens (tertiary/aromatic N) is 3. The Hall–Kier alpha value is -4.55. The summed E-state index contributed by atoms with van der Waals surface area (Å²) < 4.78 is 15.4. The van der Waals surface area contributed by atoms with Gasteiger partial charge >= 0.3 is 11.7 Å². The van der Waals surface area contributed by atoms with E-state index < -0.39 is 41.6 Å². The fourth-order valence-corrected chi connectivity index (χ4v) is 12.2. The molecule has 6 atom stereocenters. The number of rotatable bonds is 17. The van der Waals surface area contributed by atoms with E-state index in [1.807, 2.05) is 74.1 Å². The molecule has 3 heterocycles. The van der Waals surface area contributed by atoms with Crippen molar-refractivity contribution in [1.29, 1.82) is 0 Å². The summed E-state index contributed by atoms with van der Waals surface area (Å²) in [5, 5.41) is 28.0. The van der Waals surface area contributed by atoms with Crippen molar-refractivity contribution in [2.24, 2.45) is 0 Å². The van der Waals surface area contributed by atoms with Crippen LogP contribution < -0.4 is 36.7 Å². The molecule has 63 heavy (non-hydrogen) atoms. The van der Waals surface area contributed by atoms with Crippen LogP contribution in [0.1, 0.15) is 45.3 Å². The molecule has 3 aliphatic rings. The van der Waals surface area contributed by atoms with E-state index in [1.54, 1.807) is 12.1 Å². The summed E-state index contributed by atoms with van der Waals surface area (Å²) in [6, 6.07) is 16.3. The number of carbonyl (C=O) groups excluding carboxylic acids is 2. The molecule has 0 saturated carbocycles. The van der Waals surface area contributed by atoms with Crippen molar-refractivity contribution in [2.45, 2.75) is 31.3 Å². The lowest BCUT2D eigenvalue weighted by atomic mass is 9.89. The zero-order valence-corrected chi connectivity index (χ0v) is 39.4. The van der Waals surface area contributed by atoms with Crippen LogP contribution in [0.5, 0.6) is 0 Å². The van der Waals surface area contributed by atoms with Gasteiger partial charge < -0.3 is 39.8 Å². The Kier molecular flexibility index (Phi) is 17.0. The molecule has 1 saturated heterocycles. The topological polar surface area (TPSA) is 219 Å². The Morgan fingerprint density at radius 2 is 1.81 bits per heavy atom. The number of amides is 2. The fourth-order valence-electron chi connectivity index (χ4n) is 6.77. The standard InChI is InChI=1S/C42H47N6O10P3S2/c1-46(2)26-8-11-29-33(19-26)57-34-20-27(47(3)4)9-12-30(34)38(29)28-10-7-24(18-31(28)41(53)54)39(51)44-15-17-63-62-16-13-36(50)43-14-5-6-25-22-48(42(55)45-40(25)52)37-21-32(49)35(58-37)23-59-61-60-56/h7-12,18-20,22,32,35,37,49,56,59-61H,13-17,21,23H2,1-4H3,(H3-,43,44,45,50,51,52,53,54,55)/p+1. The Morgan fingerprint density at radius 1 is 1.03 bits per heavy atom. The molecule has 6 rings (SSSR count). The number of nitrogens with one attached hydrogen (secondary N) is 3. The zero-order chi connectivity index (χ0) is 45.2. The maximum Gasteiger partial charge on any atom is 0.336 e. The second-order valence-corrected chi connectivity index (χ2v) is 23.3. The molecule has 2 amide bonds. The van der Waals surface area contributed by atoms with Gasteiger partial charge in [0.15, 0.2) is 0 Å². The summed E-state index contributed by atoms with van der Waals surface area (Å²) in [5.41, 5.74) is 2.25. The first-order valence-electron chi connectivity index (χ1n) is 19.7. The predicted octanol–water partition coefficient (Wildman–Crippen LogP) is 3.94. The lowest BCUT2D eigenvalue weighted by molar-refractivity contribution is -0.120. The van der Waals surface area contributed by atoms with Crippen molar-refractivity contribution in [3.05, 3.63) is 104 Å². The van der Waals surface area contributed by atoms with Gasteiger partial charge in [-0.05, 0) is 50.0 Å². The minimum absolute atomic E-state index is 0.0118. The van der Waals surface area contributed by atoms with E-state index in [1.165, 1.54) is 38.4 Å². The molecule has 1 aliphatic carbocycles. The Labute approximate surface area is 375 Å². The highest BCUT2D eigenvalue weighted by atomic mass is 33.1. The molecule has 2 aliphatic heterocycles. The number of aliphatic hydroxyl groups is 1. The maximum absolute atomic E-state index is 13.2. The molecule has 1 aromatic heterocycles. The second-order valence-electron chi connectivity index (χ2n) is 14.7. The van der Waals surface area contributed by atoms with Crippen LogP contribution in [0.3, 0.4) is 0 Å². The largest absolute Gasteiger partial charge is 0.478 e. The first-order valence-corrected chi connectivity index (χ1v) is 27.3. The summed E-state index contributed by atoms with van der Waals surface area (Å²) in [6.07, 6.45) is 0.217. The number of aromatic amines is 1. The van der Waals surface area contributed by atoms with Gasteiger partial charge in [-0.15, -0.1) is 0 Å². The SMILES string of the molecule is CN(C)c1ccc2c(-c3ccc(C(=O)NCCSSCCC(=O)NCC#Cc4cn(C5CC(O)C(CPPPO)O5)c(=O)[nH]c4=O)cc3C(=O)O)c3ccc(=[N+](C)C)cc-3oc2c1. The van der Waals surface area contributed by atoms with Crippen molar-refractivity contribution in [2.75, 3.05) is 63.8 Å². The van der Waals surface area contributed by atoms with E-state index >= 15 is 0 Å². The van der Waals surface area contributed by atoms with Gasteiger partial charge in [-0.3, -0.25) is 23.9 Å². The number of carbonyl (C=O) groups is 3. The predicted molar refractivity (Wildman–Crippen MR) is 256 cm³/mol. The van der Waals surface area contributed by atoms with Gasteiger partial charge in [0, 0.05) is 99.6 Å². The van der Waals surface area contributed by atoms with Gasteiger partial charge in [0.25, 0.3) is 11.5 Å². The Morgan fingerprint density at radius 3 is 2.56 bits per heavy atom. The molecule has 3 aromatic rings. The molecule has 1 fully saturated rings. The number of carboxylic acids is 1. The molecule has 16 nitrogen and oxygen atoms in total. The third-order valence-electron chi connectivity index (χ3n) is 10.00. The van der Waals surface area contributed by atoms with E-state index in [0.717, 1.165) is 22.0 Å². The van der Waals surface area contributed by atoms with Gasteiger partial charge in [0.2, 0.25) is 11.3 Å². The molecular formula is C42H48N6O10P3S2+. The normalized spacial score (nSPS) is 16.4. The van der Waals surface area contributed by atoms with E-state index in [9.17, 15) is 34.2 Å². The minimum atomic E-state index is -1.17. The first kappa shape index (κ1) is 47.9. The van der Waals surface area contributed by atoms with Gasteiger partial charge in [-0.2, -0.15) is 0 Å². The summed E-state index contributed by atoms with van der Waals surface area (Å²) in [6.45, 7) is 0.287. The summed E-state index contributed by atoms with van der Waals surface area (Å²) in [5.74, 6) is 5.21. The molecule has 6 N–H and O–H groups in total. The van der Waals surface area contributed by atoms with E-state index in [2.05, 4.69) is 27.5 Å². The summed E-state index contributed by atoms with van der Waals surface area (Å²) >= 11 is 0. The highest BCUT2D eigenvalue weighted by Gasteiger charge is 2.35. The molecule has 21 heteroatoms. The second kappa shape index (κ2) is 22.4. The summed E-state index contributed by atoms with van der Waals surface area (Å²) in [7, 11) is 11.4. The smallest absolute Gasteiger partial charge is 0.336 e. The monoisotopic (exact) mass is 953 g/mol. The average molecular weight is 954 g/mol. The molecule has 332 valence electrons. The summed E-state index contributed by atoms with van der Waals surface area (Å²) in [4.78, 5) is 76.5. The van der Waals surface area contributed by atoms with Crippen molar-refractivity contribution >= 4 is 80.8 Å². The minimum Gasteiger partial charge on any atom is -0.478 e. The molecular weight excluding hydrogens is 906 g/mol. The molecule has 2 aromatic carbocycles. The highest BCUT2D eigenvalue weighted by Crippen LogP contribution is 2.51. The number of carboxylic acid groups (broad SMARTS) is 1. The number of ether oxygens (including phenoxy) is 1. The number of aliphatic hydroxyl groups excluding tert-OH is 1. The number of H-pyrrole nitrogens is 1. The maximum atomic E-state index is 13.2. The quantitative estimate of drug-likeness (QED) is 0.0195. The number of hydrogen-bond acceptors (Lipinski definition) is 12. The molecule has 6 unspecified atom stereocenters. The van der Waals surface area contributed by atoms with Crippen molar-refractivity contribution in [3.63, 3.8) is 0 Å². The number of aromatic carboxylic acids is 1.